The highest BCUT2D eigenvalue weighted by molar-refractivity contribution is 6.74. The second-order valence-corrected chi connectivity index (χ2v) is 20.0. The third-order valence-electron chi connectivity index (χ3n) is 10.4. The Labute approximate surface area is 288 Å². The third-order valence-corrected chi connectivity index (χ3v) is 15.2. The Hall–Kier alpha value is -2.58. The van der Waals surface area contributed by atoms with E-state index in [1.165, 1.54) is 5.56 Å². The molecule has 6 heterocycles. The molecule has 0 aromatic carbocycles. The van der Waals surface area contributed by atoms with E-state index < -0.39 is 8.32 Å². The van der Waals surface area contributed by atoms with Crippen molar-refractivity contribution in [2.24, 2.45) is 0 Å². The molecule has 260 valence electrons. The van der Waals surface area contributed by atoms with Gasteiger partial charge in [-0.25, -0.2) is 4.98 Å². The Kier molecular flexibility index (Phi) is 9.61. The van der Waals surface area contributed by atoms with Gasteiger partial charge in [0.25, 0.3) is 0 Å². The molecule has 1 N–H and O–H groups in total. The van der Waals surface area contributed by atoms with Crippen molar-refractivity contribution in [1.82, 2.24) is 19.5 Å². The number of ether oxygens (including phenoxy) is 5. The minimum atomic E-state index is -2.00. The highest BCUT2D eigenvalue weighted by Gasteiger charge is 2.52. The highest BCUT2D eigenvalue weighted by atomic mass is 35.5. The first-order valence-corrected chi connectivity index (χ1v) is 20.5. The summed E-state index contributed by atoms with van der Waals surface area (Å²) in [5.41, 5.74) is 4.62. The van der Waals surface area contributed by atoms with Gasteiger partial charge in [-0.1, -0.05) is 44.5 Å². The number of anilines is 1. The van der Waals surface area contributed by atoms with E-state index >= 15 is 0 Å². The Bertz CT molecular complexity index is 1650. The maximum absolute atomic E-state index is 6.86. The zero-order valence-electron chi connectivity index (χ0n) is 28.8. The quantitative estimate of drug-likeness (QED) is 0.225. The van der Waals surface area contributed by atoms with Gasteiger partial charge in [0.2, 0.25) is 0 Å². The van der Waals surface area contributed by atoms with Gasteiger partial charge in [-0.2, -0.15) is 4.98 Å². The SMILES string of the molecule is COC/C=C/c1cnc2c(c1)CCC2Nc1nc2c(cc1Cl)nc(O[C@@H]1CO[C@H]3[C@@H]1OC[C@H]3O[Si](C)(C)C(C)(C)C)n2C1CCCCO1. The summed E-state index contributed by atoms with van der Waals surface area (Å²) in [5.74, 6) is 0.588. The Morgan fingerprint density at radius 3 is 2.60 bits per heavy atom. The summed E-state index contributed by atoms with van der Waals surface area (Å²) < 4.78 is 39.3. The average Bonchev–Trinajstić information content (AvgIpc) is 3.82. The third kappa shape index (κ3) is 6.65. The molecule has 0 amide bonds. The zero-order valence-corrected chi connectivity index (χ0v) is 30.6. The molecule has 2 unspecified atom stereocenters. The molecule has 4 aliphatic rings. The number of imidazole rings is 1. The first-order valence-electron chi connectivity index (χ1n) is 17.2. The van der Waals surface area contributed by atoms with E-state index in [1.54, 1.807) is 7.11 Å². The summed E-state index contributed by atoms with van der Waals surface area (Å²) in [7, 11) is -0.318. The van der Waals surface area contributed by atoms with Crippen LogP contribution >= 0.6 is 11.6 Å². The van der Waals surface area contributed by atoms with Crippen molar-refractivity contribution in [3.8, 4) is 6.01 Å². The van der Waals surface area contributed by atoms with Crippen LogP contribution in [-0.2, 0) is 29.8 Å². The number of rotatable bonds is 10. The van der Waals surface area contributed by atoms with Gasteiger partial charge in [0.05, 0.1) is 42.7 Å². The zero-order chi connectivity index (χ0) is 33.6. The molecular formula is C35H48ClN5O6Si. The molecule has 3 saturated heterocycles. The monoisotopic (exact) mass is 697 g/mol. The molecule has 0 saturated carbocycles. The van der Waals surface area contributed by atoms with E-state index in [1.807, 2.05) is 29.0 Å². The number of nitrogens with zero attached hydrogens (tertiary/aromatic N) is 4. The molecule has 7 rings (SSSR count). The molecular weight excluding hydrogens is 650 g/mol. The molecule has 48 heavy (non-hydrogen) atoms. The van der Waals surface area contributed by atoms with Gasteiger partial charge >= 0.3 is 6.01 Å². The topological polar surface area (TPSA) is 111 Å². The largest absolute Gasteiger partial charge is 0.456 e. The van der Waals surface area contributed by atoms with Crippen LogP contribution in [0.25, 0.3) is 17.2 Å². The summed E-state index contributed by atoms with van der Waals surface area (Å²) in [5, 5.41) is 4.17. The summed E-state index contributed by atoms with van der Waals surface area (Å²) in [6.45, 7) is 13.4. The molecule has 3 aromatic heterocycles. The molecule has 0 spiro atoms. The second kappa shape index (κ2) is 13.6. The van der Waals surface area contributed by atoms with Crippen LogP contribution in [0.1, 0.15) is 75.5 Å². The van der Waals surface area contributed by atoms with E-state index in [9.17, 15) is 0 Å². The summed E-state index contributed by atoms with van der Waals surface area (Å²) in [6, 6.07) is 4.48. The van der Waals surface area contributed by atoms with Gasteiger partial charge in [-0.05, 0) is 73.5 Å². The molecule has 3 aromatic rings. The molecule has 3 aliphatic heterocycles. The number of hydrogen-bond acceptors (Lipinski definition) is 10. The number of halogens is 1. The van der Waals surface area contributed by atoms with Gasteiger partial charge in [-0.3, -0.25) is 9.55 Å². The van der Waals surface area contributed by atoms with Crippen LogP contribution in [0.15, 0.2) is 24.4 Å². The number of hydrogen-bond donors (Lipinski definition) is 1. The van der Waals surface area contributed by atoms with Gasteiger partial charge in [0.1, 0.15) is 29.8 Å². The predicted molar refractivity (Wildman–Crippen MR) is 187 cm³/mol. The lowest BCUT2D eigenvalue weighted by Crippen LogP contribution is -2.47. The summed E-state index contributed by atoms with van der Waals surface area (Å²) >= 11 is 6.86. The lowest BCUT2D eigenvalue weighted by molar-refractivity contribution is -0.0406. The average molecular weight is 698 g/mol. The van der Waals surface area contributed by atoms with Crippen LogP contribution in [-0.4, -0.2) is 85.8 Å². The molecule has 0 bridgehead atoms. The highest BCUT2D eigenvalue weighted by Crippen LogP contribution is 2.42. The van der Waals surface area contributed by atoms with Crippen LogP contribution in [0.5, 0.6) is 6.01 Å². The number of aromatic nitrogens is 4. The maximum atomic E-state index is 6.86. The molecule has 6 atom stereocenters. The normalized spacial score (nSPS) is 27.6. The fourth-order valence-corrected chi connectivity index (χ4v) is 8.35. The van der Waals surface area contributed by atoms with E-state index in [0.717, 1.165) is 43.4 Å². The summed E-state index contributed by atoms with van der Waals surface area (Å²) in [4.78, 5) is 14.8. The van der Waals surface area contributed by atoms with E-state index in [2.05, 4.69) is 45.2 Å². The van der Waals surface area contributed by atoms with Crippen LogP contribution in [0.3, 0.4) is 0 Å². The first-order chi connectivity index (χ1) is 23.0. The van der Waals surface area contributed by atoms with Crippen molar-refractivity contribution in [1.29, 1.82) is 0 Å². The van der Waals surface area contributed by atoms with Crippen molar-refractivity contribution in [3.05, 3.63) is 46.2 Å². The number of aryl methyl sites for hydroxylation is 1. The number of methoxy groups -OCH3 is 1. The van der Waals surface area contributed by atoms with Crippen molar-refractivity contribution >= 4 is 43.0 Å². The van der Waals surface area contributed by atoms with Crippen molar-refractivity contribution in [2.75, 3.05) is 38.9 Å². The number of pyridine rings is 2. The molecule has 11 nitrogen and oxygen atoms in total. The van der Waals surface area contributed by atoms with E-state index in [4.69, 9.17) is 54.7 Å². The lowest BCUT2D eigenvalue weighted by Gasteiger charge is -2.39. The lowest BCUT2D eigenvalue weighted by atomic mass is 10.1. The first kappa shape index (κ1) is 33.9. The van der Waals surface area contributed by atoms with Crippen LogP contribution < -0.4 is 10.1 Å². The maximum Gasteiger partial charge on any atom is 0.301 e. The minimum absolute atomic E-state index is 0.00829. The smallest absolute Gasteiger partial charge is 0.301 e. The fourth-order valence-electron chi connectivity index (χ4n) is 6.84. The minimum Gasteiger partial charge on any atom is -0.456 e. The van der Waals surface area contributed by atoms with Crippen LogP contribution in [0.4, 0.5) is 5.82 Å². The van der Waals surface area contributed by atoms with E-state index in [0.29, 0.717) is 54.4 Å². The Morgan fingerprint density at radius 2 is 1.85 bits per heavy atom. The van der Waals surface area contributed by atoms with Crippen LogP contribution in [0, 0.1) is 0 Å². The Morgan fingerprint density at radius 1 is 1.06 bits per heavy atom. The predicted octanol–water partition coefficient (Wildman–Crippen LogP) is 6.87. The number of nitrogens with one attached hydrogen (secondary N) is 1. The van der Waals surface area contributed by atoms with Crippen LogP contribution in [0.2, 0.25) is 23.2 Å². The van der Waals surface area contributed by atoms with Crippen molar-refractivity contribution in [3.63, 3.8) is 0 Å². The Balaban J connectivity index is 1.13. The van der Waals surface area contributed by atoms with Gasteiger partial charge in [-0.15, -0.1) is 0 Å². The summed E-state index contributed by atoms with van der Waals surface area (Å²) in [6.07, 6.45) is 9.50. The standard InChI is InChI=1S/C35H48ClN5O6Si/c1-35(2,3)48(5,6)47-27-20-45-30-26(19-44-31(27)30)46-34-39-25-17-23(36)32(40-33(25)41(34)28-11-7-8-15-43-28)38-24-13-12-22-16-21(10-9-14-42-4)18-37-29(22)24/h9-10,16-18,24,26-28,30-31H,7-8,11-15,19-20H2,1-6H3,(H,38,40)/b10-9+/t24?,26-,27-,28?,30-,31-/m1/s1. The molecule has 0 radical (unpaired) electrons. The fraction of sp³-hybridized carbons (Fsp3) is 0.629. The van der Waals surface area contributed by atoms with Gasteiger partial charge in [0.15, 0.2) is 20.1 Å². The van der Waals surface area contributed by atoms with Crippen molar-refractivity contribution < 1.29 is 28.1 Å². The molecule has 1 aliphatic carbocycles. The molecule has 3 fully saturated rings. The molecule has 13 heteroatoms. The van der Waals surface area contributed by atoms with Crippen molar-refractivity contribution in [2.45, 2.75) is 108 Å². The van der Waals surface area contributed by atoms with Gasteiger partial charge < -0.3 is 33.4 Å². The second-order valence-electron chi connectivity index (χ2n) is 14.8. The van der Waals surface area contributed by atoms with Gasteiger partial charge in [0, 0.05) is 19.9 Å². The van der Waals surface area contributed by atoms with E-state index in [-0.39, 0.29) is 41.7 Å². The number of fused-ring (bicyclic) bond motifs is 3.